The first-order valence-electron chi connectivity index (χ1n) is 9.89. The number of aromatic nitrogens is 3. The van der Waals surface area contributed by atoms with Crippen molar-refractivity contribution >= 4 is 23.4 Å². The van der Waals surface area contributed by atoms with Gasteiger partial charge in [0.1, 0.15) is 5.82 Å². The normalized spacial score (nSPS) is 11.1. The van der Waals surface area contributed by atoms with Crippen LogP contribution in [0.5, 0.6) is 0 Å². The predicted octanol–water partition coefficient (Wildman–Crippen LogP) is 4.87. The van der Waals surface area contributed by atoms with Gasteiger partial charge in [-0.15, -0.1) is 10.2 Å². The summed E-state index contributed by atoms with van der Waals surface area (Å²) in [6.45, 7) is 9.19. The molecule has 1 heterocycles. The minimum atomic E-state index is -0.0314. The van der Waals surface area contributed by atoms with Crippen molar-refractivity contribution in [2.24, 2.45) is 5.92 Å². The quantitative estimate of drug-likeness (QED) is 0.540. The highest BCUT2D eigenvalue weighted by Crippen LogP contribution is 2.23. The summed E-state index contributed by atoms with van der Waals surface area (Å²) in [4.78, 5) is 12.5. The van der Waals surface area contributed by atoms with E-state index in [0.29, 0.717) is 11.7 Å². The van der Waals surface area contributed by atoms with Crippen molar-refractivity contribution in [1.29, 1.82) is 0 Å². The van der Waals surface area contributed by atoms with Gasteiger partial charge in [0.25, 0.3) is 0 Å². The van der Waals surface area contributed by atoms with E-state index in [2.05, 4.69) is 46.1 Å². The number of thioether (sulfide) groups is 1. The second kappa shape index (κ2) is 9.74. The van der Waals surface area contributed by atoms with Crippen LogP contribution in [0.15, 0.2) is 53.7 Å². The van der Waals surface area contributed by atoms with E-state index in [-0.39, 0.29) is 5.91 Å². The average Bonchev–Trinajstić information content (AvgIpc) is 3.05. The largest absolute Gasteiger partial charge is 0.325 e. The zero-order valence-corrected chi connectivity index (χ0v) is 18.3. The summed E-state index contributed by atoms with van der Waals surface area (Å²) in [5, 5.41) is 12.6. The summed E-state index contributed by atoms with van der Waals surface area (Å²) < 4.78 is 2.15. The van der Waals surface area contributed by atoms with Crippen LogP contribution in [0.2, 0.25) is 0 Å². The van der Waals surface area contributed by atoms with Gasteiger partial charge in [-0.3, -0.25) is 4.79 Å². The molecule has 3 aromatic rings. The number of carbonyl (C=O) groups is 1. The first kappa shape index (κ1) is 21.1. The van der Waals surface area contributed by atoms with Crippen LogP contribution in [0.25, 0.3) is 0 Å². The Kier molecular flexibility index (Phi) is 7.09. The second-order valence-electron chi connectivity index (χ2n) is 7.67. The maximum Gasteiger partial charge on any atom is 0.234 e. The van der Waals surface area contributed by atoms with Gasteiger partial charge in [-0.05, 0) is 36.5 Å². The Morgan fingerprint density at radius 1 is 1.03 bits per heavy atom. The molecule has 0 saturated carbocycles. The molecule has 0 aliphatic heterocycles. The molecule has 0 fully saturated rings. The van der Waals surface area contributed by atoms with Gasteiger partial charge in [0.15, 0.2) is 5.16 Å². The number of anilines is 1. The Labute approximate surface area is 176 Å². The third kappa shape index (κ3) is 5.70. The maximum absolute atomic E-state index is 12.5. The van der Waals surface area contributed by atoms with Gasteiger partial charge >= 0.3 is 0 Å². The molecule has 6 heteroatoms. The minimum Gasteiger partial charge on any atom is -0.325 e. The zero-order chi connectivity index (χ0) is 20.8. The molecule has 0 aliphatic rings. The van der Waals surface area contributed by atoms with Crippen LogP contribution in [-0.2, 0) is 17.8 Å². The van der Waals surface area contributed by atoms with E-state index in [9.17, 15) is 4.79 Å². The van der Waals surface area contributed by atoms with Gasteiger partial charge in [0.2, 0.25) is 5.91 Å². The van der Waals surface area contributed by atoms with Crippen LogP contribution in [0, 0.1) is 19.8 Å². The fraction of sp³-hybridized carbons (Fsp3) is 0.348. The van der Waals surface area contributed by atoms with Gasteiger partial charge in [-0.2, -0.15) is 0 Å². The van der Waals surface area contributed by atoms with Crippen molar-refractivity contribution in [3.8, 4) is 0 Å². The molecule has 29 heavy (non-hydrogen) atoms. The highest BCUT2D eigenvalue weighted by atomic mass is 32.2. The van der Waals surface area contributed by atoms with Crippen molar-refractivity contribution in [2.45, 2.75) is 45.8 Å². The number of hydrogen-bond donors (Lipinski definition) is 1. The van der Waals surface area contributed by atoms with Crippen LogP contribution in [0.4, 0.5) is 5.69 Å². The Hall–Kier alpha value is -2.60. The van der Waals surface area contributed by atoms with Crippen LogP contribution in [0.1, 0.15) is 36.4 Å². The third-order valence-corrected chi connectivity index (χ3v) is 5.59. The molecule has 0 radical (unpaired) electrons. The van der Waals surface area contributed by atoms with Crippen molar-refractivity contribution in [2.75, 3.05) is 11.1 Å². The van der Waals surface area contributed by atoms with E-state index >= 15 is 0 Å². The monoisotopic (exact) mass is 408 g/mol. The Morgan fingerprint density at radius 3 is 2.38 bits per heavy atom. The first-order valence-corrected chi connectivity index (χ1v) is 10.9. The van der Waals surface area contributed by atoms with Gasteiger partial charge in [-0.1, -0.05) is 74.1 Å². The fourth-order valence-corrected chi connectivity index (χ4v) is 3.97. The summed E-state index contributed by atoms with van der Waals surface area (Å²) >= 11 is 1.44. The van der Waals surface area contributed by atoms with Gasteiger partial charge < -0.3 is 9.88 Å². The summed E-state index contributed by atoms with van der Waals surface area (Å²) in [5.41, 5.74) is 4.23. The van der Waals surface area contributed by atoms with E-state index in [0.717, 1.165) is 40.8 Å². The molecule has 0 atom stereocenters. The number of benzene rings is 2. The number of nitrogens with one attached hydrogen (secondary N) is 1. The van der Waals surface area contributed by atoms with E-state index < -0.39 is 0 Å². The van der Waals surface area contributed by atoms with Gasteiger partial charge in [0.05, 0.1) is 5.75 Å². The van der Waals surface area contributed by atoms with E-state index in [1.54, 1.807) is 0 Å². The lowest BCUT2D eigenvalue weighted by Crippen LogP contribution is -2.17. The second-order valence-corrected chi connectivity index (χ2v) is 8.61. The number of amides is 1. The Bertz CT molecular complexity index is 946. The lowest BCUT2D eigenvalue weighted by molar-refractivity contribution is -0.113. The lowest BCUT2D eigenvalue weighted by Gasteiger charge is -2.13. The maximum atomic E-state index is 12.5. The standard InChI is InChI=1S/C23H28N4OS/c1-16(2)14-27-20(13-19-11-6-5-7-12-19)25-26-23(27)29-15-21(28)24-22-17(3)9-8-10-18(22)4/h5-12,16H,13-15H2,1-4H3,(H,24,28). The number of hydrogen-bond acceptors (Lipinski definition) is 4. The molecule has 0 saturated heterocycles. The SMILES string of the molecule is Cc1cccc(C)c1NC(=O)CSc1nnc(Cc2ccccc2)n1CC(C)C. The minimum absolute atomic E-state index is 0.0314. The predicted molar refractivity (Wildman–Crippen MR) is 119 cm³/mol. The molecule has 0 aliphatic carbocycles. The smallest absolute Gasteiger partial charge is 0.234 e. The number of nitrogens with zero attached hydrogens (tertiary/aromatic N) is 3. The summed E-state index contributed by atoms with van der Waals surface area (Å²) in [6.07, 6.45) is 0.732. The van der Waals surface area contributed by atoms with Gasteiger partial charge in [-0.25, -0.2) is 0 Å². The molecule has 2 aromatic carbocycles. The molecule has 0 spiro atoms. The number of para-hydroxylation sites is 1. The molecular formula is C23H28N4OS. The molecule has 5 nitrogen and oxygen atoms in total. The van der Waals surface area contributed by atoms with E-state index in [1.165, 1.54) is 17.3 Å². The number of aryl methyl sites for hydroxylation is 2. The van der Waals surface area contributed by atoms with Crippen LogP contribution >= 0.6 is 11.8 Å². The summed E-state index contributed by atoms with van der Waals surface area (Å²) in [6, 6.07) is 16.3. The molecule has 1 N–H and O–H groups in total. The van der Waals surface area contributed by atoms with E-state index in [1.807, 2.05) is 50.2 Å². The average molecular weight is 409 g/mol. The first-order chi connectivity index (χ1) is 13.9. The van der Waals surface area contributed by atoms with Crippen molar-refractivity contribution < 1.29 is 4.79 Å². The van der Waals surface area contributed by atoms with E-state index in [4.69, 9.17) is 0 Å². The molecule has 0 unspecified atom stereocenters. The molecule has 1 amide bonds. The third-order valence-electron chi connectivity index (χ3n) is 4.62. The lowest BCUT2D eigenvalue weighted by atomic mass is 10.1. The van der Waals surface area contributed by atoms with Crippen LogP contribution in [-0.4, -0.2) is 26.4 Å². The molecule has 3 rings (SSSR count). The highest BCUT2D eigenvalue weighted by molar-refractivity contribution is 7.99. The highest BCUT2D eigenvalue weighted by Gasteiger charge is 2.16. The van der Waals surface area contributed by atoms with Crippen molar-refractivity contribution in [3.63, 3.8) is 0 Å². The fourth-order valence-electron chi connectivity index (χ4n) is 3.20. The number of rotatable bonds is 8. The number of carbonyl (C=O) groups excluding carboxylic acids is 1. The van der Waals surface area contributed by atoms with Crippen molar-refractivity contribution in [1.82, 2.24) is 14.8 Å². The molecule has 1 aromatic heterocycles. The Balaban J connectivity index is 1.70. The van der Waals surface area contributed by atoms with Crippen LogP contribution in [0.3, 0.4) is 0 Å². The summed E-state index contributed by atoms with van der Waals surface area (Å²) in [5.74, 6) is 1.66. The topological polar surface area (TPSA) is 59.8 Å². The molecule has 0 bridgehead atoms. The van der Waals surface area contributed by atoms with Gasteiger partial charge in [0, 0.05) is 18.7 Å². The summed E-state index contributed by atoms with van der Waals surface area (Å²) in [7, 11) is 0. The zero-order valence-electron chi connectivity index (χ0n) is 17.5. The Morgan fingerprint density at radius 2 is 1.72 bits per heavy atom. The van der Waals surface area contributed by atoms with Crippen molar-refractivity contribution in [3.05, 3.63) is 71.0 Å². The molecule has 152 valence electrons. The van der Waals surface area contributed by atoms with Crippen LogP contribution < -0.4 is 5.32 Å². The molecular weight excluding hydrogens is 380 g/mol.